The van der Waals surface area contributed by atoms with Gasteiger partial charge in [0.05, 0.1) is 10.2 Å². The lowest BCUT2D eigenvalue weighted by Crippen LogP contribution is -2.44. The number of hydrogen-bond acceptors (Lipinski definition) is 7. The zero-order chi connectivity index (χ0) is 21.3. The molecule has 0 atom stereocenters. The first-order valence-corrected chi connectivity index (χ1v) is 10.1. The number of aliphatic carboxylic acids is 1. The number of piperazine rings is 1. The Morgan fingerprint density at radius 3 is 2.45 bits per heavy atom. The normalized spacial score (nSPS) is 15.4. The largest absolute Gasteiger partial charge is 0.490 e. The number of carbonyl (C=O) groups is 1. The van der Waals surface area contributed by atoms with Crippen LogP contribution in [0.25, 0.3) is 20.3 Å². The van der Waals surface area contributed by atoms with Crippen molar-refractivity contribution in [3.63, 3.8) is 0 Å². The molecule has 1 fully saturated rings. The van der Waals surface area contributed by atoms with Gasteiger partial charge in [0.25, 0.3) is 0 Å². The van der Waals surface area contributed by atoms with Crippen molar-refractivity contribution in [2.45, 2.75) is 6.18 Å². The smallest absolute Gasteiger partial charge is 0.475 e. The van der Waals surface area contributed by atoms with Crippen LogP contribution in [0, 0.1) is 0 Å². The molecule has 7 nitrogen and oxygen atoms in total. The molecule has 0 spiro atoms. The minimum absolute atomic E-state index is 0.351. The zero-order valence-electron chi connectivity index (χ0n) is 15.2. The Bertz CT molecular complexity index is 1050. The number of nitrogens with two attached hydrogens (primary N) is 1. The number of fused-ring (bicyclic) bond motifs is 3. The van der Waals surface area contributed by atoms with E-state index in [9.17, 15) is 13.2 Å². The maximum Gasteiger partial charge on any atom is 0.490 e. The number of rotatable bonds is 1. The highest BCUT2D eigenvalue weighted by molar-refractivity contribution is 9.10. The fourth-order valence-corrected chi connectivity index (χ4v) is 4.56. The third-order valence-corrected chi connectivity index (χ3v) is 5.95. The number of nitrogen functional groups attached to an aromatic ring is 1. The van der Waals surface area contributed by atoms with Crippen molar-refractivity contribution in [2.75, 3.05) is 43.9 Å². The highest BCUT2D eigenvalue weighted by atomic mass is 79.9. The molecular weight excluding hydrogens is 475 g/mol. The third kappa shape index (κ3) is 4.87. The molecule has 0 aliphatic carbocycles. The van der Waals surface area contributed by atoms with Crippen LogP contribution in [0.2, 0.25) is 0 Å². The predicted octanol–water partition coefficient (Wildman–Crippen LogP) is 3.57. The number of nitrogens with zero attached hydrogens (tertiary/aromatic N) is 4. The van der Waals surface area contributed by atoms with Crippen LogP contribution >= 0.6 is 27.3 Å². The van der Waals surface area contributed by atoms with Gasteiger partial charge in [-0.2, -0.15) is 18.2 Å². The minimum atomic E-state index is -5.08. The molecule has 3 N–H and O–H groups in total. The molecule has 3 aromatic rings. The van der Waals surface area contributed by atoms with E-state index < -0.39 is 12.1 Å². The van der Waals surface area contributed by atoms with Crippen LogP contribution in [0.15, 0.2) is 22.7 Å². The molecule has 1 saturated heterocycles. The van der Waals surface area contributed by atoms with Gasteiger partial charge in [0.1, 0.15) is 0 Å². The van der Waals surface area contributed by atoms with Gasteiger partial charge in [-0.3, -0.25) is 0 Å². The lowest BCUT2D eigenvalue weighted by Gasteiger charge is -2.33. The van der Waals surface area contributed by atoms with Gasteiger partial charge in [0.2, 0.25) is 5.95 Å². The molecular formula is C17H17BrF3N5O2S. The zero-order valence-corrected chi connectivity index (χ0v) is 17.6. The Morgan fingerprint density at radius 2 is 1.86 bits per heavy atom. The summed E-state index contributed by atoms with van der Waals surface area (Å²) in [6.45, 7) is 4.03. The van der Waals surface area contributed by atoms with Crippen LogP contribution in [-0.4, -0.2) is 65.3 Å². The molecule has 2 aromatic heterocycles. The second kappa shape index (κ2) is 8.28. The number of hydrogen-bond donors (Lipinski definition) is 2. The van der Waals surface area contributed by atoms with E-state index in [1.807, 2.05) is 6.07 Å². The molecule has 1 aliphatic heterocycles. The van der Waals surface area contributed by atoms with Gasteiger partial charge in [-0.15, -0.1) is 11.3 Å². The number of likely N-dealkylation sites (N-methyl/N-ethyl adjacent to an activating group) is 1. The second-order valence-electron chi connectivity index (χ2n) is 6.42. The summed E-state index contributed by atoms with van der Waals surface area (Å²) >= 11 is 5.28. The summed E-state index contributed by atoms with van der Waals surface area (Å²) in [5, 5.41) is 8.27. The summed E-state index contributed by atoms with van der Waals surface area (Å²) in [4.78, 5) is 22.6. The number of aromatic nitrogens is 2. The molecule has 0 saturated carbocycles. The van der Waals surface area contributed by atoms with Crippen molar-refractivity contribution in [3.05, 3.63) is 22.7 Å². The van der Waals surface area contributed by atoms with Crippen LogP contribution in [0.4, 0.5) is 24.9 Å². The van der Waals surface area contributed by atoms with Gasteiger partial charge in [0.15, 0.2) is 5.82 Å². The van der Waals surface area contributed by atoms with E-state index in [1.165, 1.54) is 4.70 Å². The summed E-state index contributed by atoms with van der Waals surface area (Å²) in [5.41, 5.74) is 6.94. The Hall–Kier alpha value is -2.18. The fraction of sp³-hybridized carbons (Fsp3) is 0.353. The second-order valence-corrected chi connectivity index (χ2v) is 8.39. The van der Waals surface area contributed by atoms with Gasteiger partial charge >= 0.3 is 12.1 Å². The van der Waals surface area contributed by atoms with Crippen molar-refractivity contribution >= 4 is 65.3 Å². The van der Waals surface area contributed by atoms with E-state index in [4.69, 9.17) is 15.6 Å². The molecule has 0 radical (unpaired) electrons. The van der Waals surface area contributed by atoms with Gasteiger partial charge in [-0.05, 0) is 19.2 Å². The molecule has 0 unspecified atom stereocenters. The first-order chi connectivity index (χ1) is 13.6. The summed E-state index contributed by atoms with van der Waals surface area (Å²) in [5.74, 6) is -1.43. The number of carboxylic acid groups (broad SMARTS) is 1. The Kier molecular flexibility index (Phi) is 6.15. The summed E-state index contributed by atoms with van der Waals surface area (Å²) < 4.78 is 35.2. The maximum atomic E-state index is 10.6. The summed E-state index contributed by atoms with van der Waals surface area (Å²) in [7, 11) is 2.15. The number of anilines is 2. The van der Waals surface area contributed by atoms with E-state index in [1.54, 1.807) is 11.3 Å². The Balaban J connectivity index is 0.000000298. The first kappa shape index (κ1) is 21.5. The number of alkyl halides is 3. The first-order valence-electron chi connectivity index (χ1n) is 8.45. The monoisotopic (exact) mass is 491 g/mol. The predicted molar refractivity (Wildman–Crippen MR) is 110 cm³/mol. The molecule has 0 amide bonds. The van der Waals surface area contributed by atoms with Crippen molar-refractivity contribution in [1.82, 2.24) is 14.9 Å². The van der Waals surface area contributed by atoms with E-state index in [2.05, 4.69) is 54.9 Å². The van der Waals surface area contributed by atoms with Crippen LogP contribution in [0.3, 0.4) is 0 Å². The molecule has 0 bridgehead atoms. The van der Waals surface area contributed by atoms with E-state index >= 15 is 0 Å². The van der Waals surface area contributed by atoms with Gasteiger partial charge in [0, 0.05) is 40.7 Å². The van der Waals surface area contributed by atoms with Gasteiger partial charge < -0.3 is 20.6 Å². The quantitative estimate of drug-likeness (QED) is 0.536. The number of carboxylic acids is 1. The number of benzene rings is 1. The lowest BCUT2D eigenvalue weighted by atomic mass is 10.2. The number of halogens is 4. The molecule has 29 heavy (non-hydrogen) atoms. The van der Waals surface area contributed by atoms with Crippen molar-refractivity contribution < 1.29 is 23.1 Å². The summed E-state index contributed by atoms with van der Waals surface area (Å²) in [6.07, 6.45) is -5.08. The van der Waals surface area contributed by atoms with Crippen LogP contribution in [0.1, 0.15) is 0 Å². The lowest BCUT2D eigenvalue weighted by molar-refractivity contribution is -0.192. The molecule has 12 heteroatoms. The van der Waals surface area contributed by atoms with Crippen molar-refractivity contribution in [3.8, 4) is 0 Å². The van der Waals surface area contributed by atoms with E-state index in [-0.39, 0.29) is 0 Å². The van der Waals surface area contributed by atoms with Crippen LogP contribution in [0.5, 0.6) is 0 Å². The highest BCUT2D eigenvalue weighted by Crippen LogP contribution is 2.39. The SMILES string of the molecule is CN1CCN(c2nc(N)nc3c2sc2cc(Br)ccc23)CC1.O=C(O)C(F)(F)F. The average Bonchev–Trinajstić information content (AvgIpc) is 2.99. The topological polar surface area (TPSA) is 95.6 Å². The Morgan fingerprint density at radius 1 is 1.24 bits per heavy atom. The highest BCUT2D eigenvalue weighted by Gasteiger charge is 2.38. The minimum Gasteiger partial charge on any atom is -0.475 e. The Labute approximate surface area is 176 Å². The molecule has 1 aliphatic rings. The number of thiophene rings is 1. The van der Waals surface area contributed by atoms with Gasteiger partial charge in [-0.25, -0.2) is 9.78 Å². The summed E-state index contributed by atoms with van der Waals surface area (Å²) in [6, 6.07) is 6.27. The van der Waals surface area contributed by atoms with E-state index in [0.717, 1.165) is 52.1 Å². The average molecular weight is 492 g/mol. The molecule has 1 aromatic carbocycles. The van der Waals surface area contributed by atoms with Crippen molar-refractivity contribution in [1.29, 1.82) is 0 Å². The van der Waals surface area contributed by atoms with Crippen molar-refractivity contribution in [2.24, 2.45) is 0 Å². The maximum absolute atomic E-state index is 10.6. The van der Waals surface area contributed by atoms with Gasteiger partial charge in [-0.1, -0.05) is 22.0 Å². The van der Waals surface area contributed by atoms with Crippen LogP contribution in [-0.2, 0) is 4.79 Å². The molecule has 3 heterocycles. The molecule has 4 rings (SSSR count). The third-order valence-electron chi connectivity index (χ3n) is 4.32. The fourth-order valence-electron chi connectivity index (χ4n) is 2.85. The van der Waals surface area contributed by atoms with E-state index in [0.29, 0.717) is 5.95 Å². The standard InChI is InChI=1S/C15H16BrN5S.C2HF3O2/c1-20-4-6-21(7-5-20)14-13-12(18-15(17)19-14)10-3-2-9(16)8-11(10)22-13;3-2(4,5)1(6)7/h2-3,8H,4-7H2,1H3,(H2,17,18,19);(H,6,7). The van der Waals surface area contributed by atoms with Crippen LogP contribution < -0.4 is 10.6 Å². The molecule has 156 valence electrons.